The Morgan fingerprint density at radius 1 is 1.02 bits per heavy atom. The van der Waals surface area contributed by atoms with Crippen molar-refractivity contribution < 1.29 is 23.9 Å². The summed E-state index contributed by atoms with van der Waals surface area (Å²) in [5, 5.41) is 0. The first kappa shape index (κ1) is 26.5. The number of amides is 1. The average Bonchev–Trinajstić information content (AvgIpc) is 3.63. The van der Waals surface area contributed by atoms with E-state index in [1.165, 1.54) is 6.92 Å². The van der Waals surface area contributed by atoms with Gasteiger partial charge in [-0.25, -0.2) is 4.98 Å². The smallest absolute Gasteiger partial charge is 0.254 e. The maximum atomic E-state index is 14.1. The van der Waals surface area contributed by atoms with Gasteiger partial charge in [0.1, 0.15) is 23.0 Å². The second-order valence-corrected chi connectivity index (χ2v) is 12.6. The molecule has 40 heavy (non-hydrogen) atoms. The van der Waals surface area contributed by atoms with E-state index in [4.69, 9.17) is 14.5 Å². The van der Waals surface area contributed by atoms with Crippen LogP contribution in [-0.2, 0) is 14.3 Å². The van der Waals surface area contributed by atoms with E-state index in [0.29, 0.717) is 59.1 Å². The second kappa shape index (κ2) is 8.88. The van der Waals surface area contributed by atoms with Gasteiger partial charge in [0.05, 0.1) is 24.3 Å². The minimum Gasteiger partial charge on any atom is -0.496 e. The molecule has 1 atom stereocenters. The molecule has 208 valence electrons. The molecule has 1 aromatic heterocycles. The van der Waals surface area contributed by atoms with Crippen molar-refractivity contribution in [2.45, 2.75) is 78.2 Å². The summed E-state index contributed by atoms with van der Waals surface area (Å²) in [4.78, 5) is 46.7. The molecular formula is C33H36N2O5. The molecule has 2 aliphatic heterocycles. The summed E-state index contributed by atoms with van der Waals surface area (Å²) >= 11 is 0. The molecule has 4 aliphatic rings. The van der Waals surface area contributed by atoms with Gasteiger partial charge in [-0.3, -0.25) is 14.4 Å². The van der Waals surface area contributed by atoms with Crippen LogP contribution in [0.1, 0.15) is 86.0 Å². The molecule has 3 heterocycles. The Hall–Kier alpha value is -3.74. The quantitative estimate of drug-likeness (QED) is 0.444. The number of carbonyl (C=O) groups excluding carboxylic acids is 3. The van der Waals surface area contributed by atoms with Crippen molar-refractivity contribution in [3.8, 4) is 17.0 Å². The van der Waals surface area contributed by atoms with Crippen LogP contribution in [0.2, 0.25) is 0 Å². The fraction of sp³-hybridized carbons (Fsp3) is 0.455. The van der Waals surface area contributed by atoms with Gasteiger partial charge < -0.3 is 14.4 Å². The zero-order valence-electron chi connectivity index (χ0n) is 24.4. The number of carbonyl (C=O) groups is 3. The van der Waals surface area contributed by atoms with E-state index in [1.54, 1.807) is 12.0 Å². The van der Waals surface area contributed by atoms with Crippen LogP contribution >= 0.6 is 0 Å². The lowest BCUT2D eigenvalue weighted by Gasteiger charge is -2.46. The predicted molar refractivity (Wildman–Crippen MR) is 151 cm³/mol. The van der Waals surface area contributed by atoms with Gasteiger partial charge in [0.25, 0.3) is 5.91 Å². The number of aromatic nitrogens is 1. The molecule has 0 unspecified atom stereocenters. The van der Waals surface area contributed by atoms with E-state index in [0.717, 1.165) is 35.1 Å². The zero-order chi connectivity index (χ0) is 28.7. The standard InChI is InChI=1S/C33H36N2O5/c1-17-8-10-21(34-30(17)19(3)36)20-9-11-23(39-7)26(18(20)2)29-27-22(37)14-33(12-13-33)16-25(27)40-24-15-32(4,5)35(6)31(38)28(24)29/h8-11,29H,12-16H2,1-7H3/t29-/m1/s1. The number of ketones is 2. The highest BCUT2D eigenvalue weighted by molar-refractivity contribution is 6.06. The van der Waals surface area contributed by atoms with E-state index in [1.807, 2.05) is 59.0 Å². The number of pyridine rings is 1. The van der Waals surface area contributed by atoms with Gasteiger partial charge in [-0.15, -0.1) is 0 Å². The molecule has 1 aromatic carbocycles. The fourth-order valence-corrected chi connectivity index (χ4v) is 6.72. The monoisotopic (exact) mass is 540 g/mol. The average molecular weight is 541 g/mol. The fourth-order valence-electron chi connectivity index (χ4n) is 6.72. The van der Waals surface area contributed by atoms with Crippen molar-refractivity contribution in [3.05, 3.63) is 69.3 Å². The van der Waals surface area contributed by atoms with Crippen molar-refractivity contribution in [3.63, 3.8) is 0 Å². The molecule has 1 fully saturated rings. The molecule has 6 rings (SSSR count). The van der Waals surface area contributed by atoms with Crippen molar-refractivity contribution in [2.24, 2.45) is 5.41 Å². The normalized spacial score (nSPS) is 22.7. The van der Waals surface area contributed by atoms with Gasteiger partial charge >= 0.3 is 0 Å². The van der Waals surface area contributed by atoms with Gasteiger partial charge in [0.15, 0.2) is 11.6 Å². The summed E-state index contributed by atoms with van der Waals surface area (Å²) in [6.45, 7) is 9.44. The second-order valence-electron chi connectivity index (χ2n) is 12.6. The summed E-state index contributed by atoms with van der Waals surface area (Å²) in [6, 6.07) is 7.62. The number of Topliss-reactive ketones (excluding diaryl/α,β-unsaturated/α-hetero) is 2. The van der Waals surface area contributed by atoms with Gasteiger partial charge in [-0.05, 0) is 75.3 Å². The molecule has 2 aromatic rings. The number of rotatable bonds is 4. The molecule has 0 radical (unpaired) electrons. The zero-order valence-corrected chi connectivity index (χ0v) is 24.4. The summed E-state index contributed by atoms with van der Waals surface area (Å²) in [5.74, 6) is 1.18. The van der Waals surface area contributed by atoms with Gasteiger partial charge in [0.2, 0.25) is 0 Å². The van der Waals surface area contributed by atoms with Crippen LogP contribution in [0.15, 0.2) is 46.9 Å². The SMILES string of the molecule is COc1ccc(-c2ccc(C)c(C(C)=O)n2)c(C)c1[C@@H]1C2=C(CC3(CC3)CC2=O)OC2=C1C(=O)N(C)C(C)(C)C2. The highest BCUT2D eigenvalue weighted by Crippen LogP contribution is 2.61. The summed E-state index contributed by atoms with van der Waals surface area (Å²) in [7, 11) is 3.43. The van der Waals surface area contributed by atoms with Crippen LogP contribution in [0.4, 0.5) is 0 Å². The molecule has 2 aliphatic carbocycles. The van der Waals surface area contributed by atoms with Crippen molar-refractivity contribution in [1.29, 1.82) is 0 Å². The number of aryl methyl sites for hydroxylation is 1. The Kier molecular flexibility index (Phi) is 5.88. The first-order valence-electron chi connectivity index (χ1n) is 14.0. The van der Waals surface area contributed by atoms with E-state index in [2.05, 4.69) is 0 Å². The van der Waals surface area contributed by atoms with Gasteiger partial charge in [-0.1, -0.05) is 6.07 Å². The van der Waals surface area contributed by atoms with Crippen molar-refractivity contribution >= 4 is 17.5 Å². The van der Waals surface area contributed by atoms with Crippen LogP contribution in [0.25, 0.3) is 11.3 Å². The third kappa shape index (κ3) is 3.93. The predicted octanol–water partition coefficient (Wildman–Crippen LogP) is 5.98. The first-order chi connectivity index (χ1) is 18.9. The maximum absolute atomic E-state index is 14.1. The molecular weight excluding hydrogens is 504 g/mol. The Labute approximate surface area is 235 Å². The lowest BCUT2D eigenvalue weighted by Crippen LogP contribution is -2.51. The first-order valence-corrected chi connectivity index (χ1v) is 14.0. The largest absolute Gasteiger partial charge is 0.496 e. The summed E-state index contributed by atoms with van der Waals surface area (Å²) < 4.78 is 12.4. The number of allylic oxidation sites excluding steroid dienone is 2. The molecule has 0 N–H and O–H groups in total. The Morgan fingerprint density at radius 3 is 2.38 bits per heavy atom. The molecule has 0 saturated heterocycles. The Morgan fingerprint density at radius 2 is 1.73 bits per heavy atom. The minimum absolute atomic E-state index is 0.000591. The van der Waals surface area contributed by atoms with Gasteiger partial charge in [-0.2, -0.15) is 0 Å². The lowest BCUT2D eigenvalue weighted by molar-refractivity contribution is -0.133. The highest BCUT2D eigenvalue weighted by atomic mass is 16.5. The topological polar surface area (TPSA) is 85.8 Å². The van der Waals surface area contributed by atoms with E-state index >= 15 is 0 Å². The van der Waals surface area contributed by atoms with E-state index < -0.39 is 11.5 Å². The molecule has 1 spiro atoms. The number of hydrogen-bond acceptors (Lipinski definition) is 6. The van der Waals surface area contributed by atoms with Gasteiger partial charge in [0, 0.05) is 55.5 Å². The maximum Gasteiger partial charge on any atom is 0.254 e. The molecule has 1 saturated carbocycles. The lowest BCUT2D eigenvalue weighted by atomic mass is 9.69. The van der Waals surface area contributed by atoms with Crippen molar-refractivity contribution in [1.82, 2.24) is 9.88 Å². The van der Waals surface area contributed by atoms with Crippen LogP contribution in [0, 0.1) is 19.3 Å². The van der Waals surface area contributed by atoms with Crippen molar-refractivity contribution in [2.75, 3.05) is 14.2 Å². The third-order valence-electron chi connectivity index (χ3n) is 9.48. The highest BCUT2D eigenvalue weighted by Gasteiger charge is 2.55. The number of hydrogen-bond donors (Lipinski definition) is 0. The van der Waals surface area contributed by atoms with Crippen LogP contribution in [-0.4, -0.2) is 47.1 Å². The molecule has 0 bridgehead atoms. The van der Waals surface area contributed by atoms with Crippen LogP contribution in [0.3, 0.4) is 0 Å². The van der Waals surface area contributed by atoms with Crippen LogP contribution in [0.5, 0.6) is 5.75 Å². The number of nitrogens with zero attached hydrogens (tertiary/aromatic N) is 2. The van der Waals surface area contributed by atoms with Crippen LogP contribution < -0.4 is 4.74 Å². The Balaban J connectivity index is 1.61. The summed E-state index contributed by atoms with van der Waals surface area (Å²) in [5.41, 5.74) is 5.03. The number of ether oxygens (including phenoxy) is 2. The van der Waals surface area contributed by atoms with E-state index in [9.17, 15) is 14.4 Å². The Bertz CT molecular complexity index is 1570. The minimum atomic E-state index is -0.610. The van der Waals surface area contributed by atoms with E-state index in [-0.39, 0.29) is 22.9 Å². The number of methoxy groups -OCH3 is 1. The third-order valence-corrected chi connectivity index (χ3v) is 9.48. The summed E-state index contributed by atoms with van der Waals surface area (Å²) in [6.07, 6.45) is 3.80. The number of likely N-dealkylation sites (N-methyl/N-ethyl adjacent to an activating group) is 1. The number of benzene rings is 1. The molecule has 1 amide bonds. The molecule has 7 nitrogen and oxygen atoms in total. The molecule has 7 heteroatoms.